The normalized spacial score (nSPS) is 24.1. The van der Waals surface area contributed by atoms with Gasteiger partial charge >= 0.3 is 0 Å². The highest BCUT2D eigenvalue weighted by Crippen LogP contribution is 2.29. The minimum Gasteiger partial charge on any atom is -0.394 e. The number of rotatable bonds is 3. The van der Waals surface area contributed by atoms with E-state index in [-0.39, 0.29) is 5.56 Å². The number of aromatic nitrogens is 1. The number of hydrogen-bond donors (Lipinski definition) is 2. The number of nitrogens with two attached hydrogens (primary N) is 1. The molecule has 100 valence electrons. The third-order valence-electron chi connectivity index (χ3n) is 4.14. The first kappa shape index (κ1) is 13.1. The number of H-pyrrole nitrogens is 1. The minimum absolute atomic E-state index is 0.181. The predicted molar refractivity (Wildman–Crippen MR) is 72.7 cm³/mol. The number of nitrogen functional groups attached to an aromatic ring is 1. The fourth-order valence-corrected chi connectivity index (χ4v) is 2.78. The molecule has 1 aromatic rings. The number of hydrogen-bond acceptors (Lipinski definition) is 3. The molecular weight excluding hydrogens is 228 g/mol. The first-order chi connectivity index (χ1) is 8.61. The molecule has 1 aliphatic carbocycles. The Balaban J connectivity index is 2.03. The van der Waals surface area contributed by atoms with E-state index in [1.165, 1.54) is 18.4 Å². The number of ether oxygens (including phenoxy) is 1. The molecule has 1 heterocycles. The quantitative estimate of drug-likeness (QED) is 0.862. The van der Waals surface area contributed by atoms with Crippen LogP contribution in [0.1, 0.15) is 36.8 Å². The number of pyridine rings is 1. The Morgan fingerprint density at radius 1 is 1.39 bits per heavy atom. The molecule has 0 bridgehead atoms. The molecule has 1 aromatic heterocycles. The standard InChI is InChI=1S/C14H22N2O2/c1-9-11(8-16-14(17)13(9)15)7-10-3-5-12(18-2)6-4-10/h8,10,12H,3-7,15H2,1-2H3,(H,16,17)/t10-,12-. The summed E-state index contributed by atoms with van der Waals surface area (Å²) >= 11 is 0. The van der Waals surface area contributed by atoms with Crippen molar-refractivity contribution in [3.05, 3.63) is 27.7 Å². The Morgan fingerprint density at radius 2 is 2.06 bits per heavy atom. The molecule has 18 heavy (non-hydrogen) atoms. The van der Waals surface area contributed by atoms with Gasteiger partial charge in [-0.25, -0.2) is 0 Å². The van der Waals surface area contributed by atoms with E-state index in [4.69, 9.17) is 10.5 Å². The van der Waals surface area contributed by atoms with Gasteiger partial charge in [0, 0.05) is 13.3 Å². The van der Waals surface area contributed by atoms with Crippen LogP contribution in [-0.2, 0) is 11.2 Å². The lowest BCUT2D eigenvalue weighted by Gasteiger charge is -2.28. The number of methoxy groups -OCH3 is 1. The zero-order chi connectivity index (χ0) is 13.1. The van der Waals surface area contributed by atoms with Crippen molar-refractivity contribution in [3.8, 4) is 0 Å². The molecule has 4 heteroatoms. The predicted octanol–water partition coefficient (Wildman–Crippen LogP) is 2.01. The molecule has 1 aliphatic rings. The zero-order valence-electron chi connectivity index (χ0n) is 11.2. The van der Waals surface area contributed by atoms with Crippen LogP contribution in [0, 0.1) is 12.8 Å². The molecule has 0 aromatic carbocycles. The summed E-state index contributed by atoms with van der Waals surface area (Å²) in [6.07, 6.45) is 7.91. The van der Waals surface area contributed by atoms with Gasteiger partial charge in [0.05, 0.1) is 6.10 Å². The van der Waals surface area contributed by atoms with Gasteiger partial charge in [-0.3, -0.25) is 4.79 Å². The van der Waals surface area contributed by atoms with Gasteiger partial charge in [-0.1, -0.05) is 0 Å². The molecular formula is C14H22N2O2. The van der Waals surface area contributed by atoms with Crippen LogP contribution in [-0.4, -0.2) is 18.2 Å². The SMILES string of the molecule is CO[C@H]1CC[C@H](Cc2c[nH]c(=O)c(N)c2C)CC1. The average Bonchev–Trinajstić information content (AvgIpc) is 2.40. The van der Waals surface area contributed by atoms with E-state index in [2.05, 4.69) is 4.98 Å². The molecule has 0 spiro atoms. The van der Waals surface area contributed by atoms with E-state index in [0.29, 0.717) is 17.7 Å². The smallest absolute Gasteiger partial charge is 0.271 e. The van der Waals surface area contributed by atoms with Gasteiger partial charge < -0.3 is 15.5 Å². The van der Waals surface area contributed by atoms with Crippen LogP contribution in [0.3, 0.4) is 0 Å². The van der Waals surface area contributed by atoms with Gasteiger partial charge in [0.2, 0.25) is 0 Å². The summed E-state index contributed by atoms with van der Waals surface area (Å²) in [4.78, 5) is 14.1. The van der Waals surface area contributed by atoms with Crippen LogP contribution in [0.4, 0.5) is 5.69 Å². The van der Waals surface area contributed by atoms with Crippen LogP contribution in [0.5, 0.6) is 0 Å². The van der Waals surface area contributed by atoms with Crippen molar-refractivity contribution in [1.82, 2.24) is 4.98 Å². The topological polar surface area (TPSA) is 68.1 Å². The maximum atomic E-state index is 11.4. The number of nitrogens with one attached hydrogen (secondary N) is 1. The molecule has 4 nitrogen and oxygen atoms in total. The lowest BCUT2D eigenvalue weighted by Crippen LogP contribution is -2.22. The Labute approximate surface area is 108 Å². The Kier molecular flexibility index (Phi) is 4.07. The van der Waals surface area contributed by atoms with Crippen LogP contribution in [0.15, 0.2) is 11.0 Å². The molecule has 0 amide bonds. The van der Waals surface area contributed by atoms with E-state index in [1.807, 2.05) is 13.1 Å². The molecule has 1 saturated carbocycles. The second kappa shape index (κ2) is 5.57. The summed E-state index contributed by atoms with van der Waals surface area (Å²) in [7, 11) is 1.79. The first-order valence-corrected chi connectivity index (χ1v) is 6.61. The lowest BCUT2D eigenvalue weighted by atomic mass is 9.83. The Morgan fingerprint density at radius 3 is 2.67 bits per heavy atom. The molecule has 0 aliphatic heterocycles. The van der Waals surface area contributed by atoms with Crippen molar-refractivity contribution in [2.24, 2.45) is 5.92 Å². The van der Waals surface area contributed by atoms with Crippen LogP contribution in [0.2, 0.25) is 0 Å². The van der Waals surface area contributed by atoms with Gasteiger partial charge in [-0.2, -0.15) is 0 Å². The van der Waals surface area contributed by atoms with Crippen LogP contribution < -0.4 is 11.3 Å². The van der Waals surface area contributed by atoms with Crippen molar-refractivity contribution in [3.63, 3.8) is 0 Å². The lowest BCUT2D eigenvalue weighted by molar-refractivity contribution is 0.0568. The molecule has 0 atom stereocenters. The van der Waals surface area contributed by atoms with Crippen molar-refractivity contribution in [2.75, 3.05) is 12.8 Å². The third kappa shape index (κ3) is 2.75. The minimum atomic E-state index is -0.181. The second-order valence-electron chi connectivity index (χ2n) is 5.26. The highest BCUT2D eigenvalue weighted by atomic mass is 16.5. The molecule has 0 unspecified atom stereocenters. The molecule has 3 N–H and O–H groups in total. The largest absolute Gasteiger partial charge is 0.394 e. The van der Waals surface area contributed by atoms with E-state index in [1.54, 1.807) is 7.11 Å². The second-order valence-corrected chi connectivity index (χ2v) is 5.26. The summed E-state index contributed by atoms with van der Waals surface area (Å²) < 4.78 is 5.38. The highest BCUT2D eigenvalue weighted by Gasteiger charge is 2.21. The summed E-state index contributed by atoms with van der Waals surface area (Å²) in [5, 5.41) is 0. The Bertz CT molecular complexity index is 459. The third-order valence-corrected chi connectivity index (χ3v) is 4.14. The van der Waals surface area contributed by atoms with E-state index in [9.17, 15) is 4.79 Å². The van der Waals surface area contributed by atoms with Crippen molar-refractivity contribution in [2.45, 2.75) is 45.1 Å². The number of aromatic amines is 1. The van der Waals surface area contributed by atoms with Crippen LogP contribution >= 0.6 is 0 Å². The van der Waals surface area contributed by atoms with Crippen molar-refractivity contribution >= 4 is 5.69 Å². The molecule has 1 fully saturated rings. The summed E-state index contributed by atoms with van der Waals surface area (Å²) in [5.74, 6) is 0.681. The van der Waals surface area contributed by atoms with Gasteiger partial charge in [-0.05, 0) is 56.1 Å². The first-order valence-electron chi connectivity index (χ1n) is 6.61. The Hall–Kier alpha value is -1.29. The van der Waals surface area contributed by atoms with E-state index in [0.717, 1.165) is 24.8 Å². The van der Waals surface area contributed by atoms with Gasteiger partial charge in [-0.15, -0.1) is 0 Å². The fraction of sp³-hybridized carbons (Fsp3) is 0.643. The number of anilines is 1. The summed E-state index contributed by atoms with van der Waals surface area (Å²) in [5.41, 5.74) is 8.06. The molecule has 0 saturated heterocycles. The molecule has 2 rings (SSSR count). The highest BCUT2D eigenvalue weighted by molar-refractivity contribution is 5.47. The maximum Gasteiger partial charge on any atom is 0.271 e. The van der Waals surface area contributed by atoms with Crippen molar-refractivity contribution < 1.29 is 4.74 Å². The van der Waals surface area contributed by atoms with Crippen molar-refractivity contribution in [1.29, 1.82) is 0 Å². The van der Waals surface area contributed by atoms with Gasteiger partial charge in [0.15, 0.2) is 0 Å². The van der Waals surface area contributed by atoms with Gasteiger partial charge in [0.25, 0.3) is 5.56 Å². The van der Waals surface area contributed by atoms with E-state index < -0.39 is 0 Å². The fourth-order valence-electron chi connectivity index (χ4n) is 2.78. The summed E-state index contributed by atoms with van der Waals surface area (Å²) in [6.45, 7) is 1.93. The average molecular weight is 250 g/mol. The zero-order valence-corrected chi connectivity index (χ0v) is 11.2. The summed E-state index contributed by atoms with van der Waals surface area (Å²) in [6, 6.07) is 0. The van der Waals surface area contributed by atoms with E-state index >= 15 is 0 Å². The van der Waals surface area contributed by atoms with Crippen LogP contribution in [0.25, 0.3) is 0 Å². The molecule has 0 radical (unpaired) electrons. The monoisotopic (exact) mass is 250 g/mol. The van der Waals surface area contributed by atoms with Gasteiger partial charge in [0.1, 0.15) is 5.69 Å². The maximum absolute atomic E-state index is 11.4.